The Labute approximate surface area is 149 Å². The van der Waals surface area contributed by atoms with Crippen molar-refractivity contribution in [2.45, 2.75) is 25.9 Å². The lowest BCUT2D eigenvalue weighted by atomic mass is 10.3. The molecule has 0 aliphatic heterocycles. The number of carbonyl (C=O) groups is 2. The molecule has 2 aromatic heterocycles. The van der Waals surface area contributed by atoms with Crippen LogP contribution in [0.3, 0.4) is 0 Å². The molecule has 1 saturated carbocycles. The fourth-order valence-electron chi connectivity index (χ4n) is 2.37. The fourth-order valence-corrected chi connectivity index (χ4v) is 3.09. The number of aromatic nitrogens is 1. The summed E-state index contributed by atoms with van der Waals surface area (Å²) in [6.45, 7) is 1.37. The van der Waals surface area contributed by atoms with Gasteiger partial charge in [0.15, 0.2) is 11.5 Å². The van der Waals surface area contributed by atoms with Gasteiger partial charge in [0.25, 0.3) is 5.91 Å². The topological polar surface area (TPSA) is 84.7 Å². The highest BCUT2D eigenvalue weighted by atomic mass is 32.1. The van der Waals surface area contributed by atoms with E-state index in [9.17, 15) is 9.59 Å². The van der Waals surface area contributed by atoms with Crippen LogP contribution >= 0.6 is 11.3 Å². The molecule has 1 aliphatic rings. The number of carbonyl (C=O) groups excluding carboxylic acids is 2. The van der Waals surface area contributed by atoms with Gasteiger partial charge in [-0.25, -0.2) is 0 Å². The highest BCUT2D eigenvalue weighted by Crippen LogP contribution is 2.27. The third-order valence-electron chi connectivity index (χ3n) is 3.93. The summed E-state index contributed by atoms with van der Waals surface area (Å²) in [5, 5.41) is 8.63. The summed E-state index contributed by atoms with van der Waals surface area (Å²) >= 11 is 1.58. The summed E-state index contributed by atoms with van der Waals surface area (Å²) in [5.74, 6) is 0.683. The van der Waals surface area contributed by atoms with Crippen LogP contribution in [0.1, 0.15) is 34.0 Å². The van der Waals surface area contributed by atoms with Crippen LogP contribution in [0, 0.1) is 5.92 Å². The molecule has 7 nitrogen and oxygen atoms in total. The summed E-state index contributed by atoms with van der Waals surface area (Å²) < 4.78 is 10.2. The molecule has 1 fully saturated rings. The first-order chi connectivity index (χ1) is 12.2. The average Bonchev–Trinajstić information content (AvgIpc) is 3.07. The molecule has 25 heavy (non-hydrogen) atoms. The zero-order chi connectivity index (χ0) is 17.6. The Bertz CT molecular complexity index is 709. The lowest BCUT2D eigenvalue weighted by molar-refractivity contribution is -0.136. The number of hydrogen-bond acceptors (Lipinski definition) is 6. The quantitative estimate of drug-likeness (QED) is 0.737. The smallest absolute Gasteiger partial charge is 0.273 e. The lowest BCUT2D eigenvalue weighted by Gasteiger charge is -2.20. The van der Waals surface area contributed by atoms with Crippen LogP contribution < -0.4 is 5.32 Å². The lowest BCUT2D eigenvalue weighted by Crippen LogP contribution is -2.32. The molecule has 0 unspecified atom stereocenters. The number of thiophene rings is 1. The number of nitrogens with one attached hydrogen (secondary N) is 1. The van der Waals surface area contributed by atoms with Crippen molar-refractivity contribution in [1.82, 2.24) is 15.4 Å². The van der Waals surface area contributed by atoms with Crippen molar-refractivity contribution in [1.29, 1.82) is 0 Å². The van der Waals surface area contributed by atoms with Gasteiger partial charge in [-0.05, 0) is 30.2 Å². The van der Waals surface area contributed by atoms with E-state index in [1.807, 2.05) is 17.5 Å². The van der Waals surface area contributed by atoms with Gasteiger partial charge in [0.1, 0.15) is 6.61 Å². The molecule has 134 valence electrons. The van der Waals surface area contributed by atoms with E-state index in [0.29, 0.717) is 24.8 Å². The maximum Gasteiger partial charge on any atom is 0.273 e. The van der Waals surface area contributed by atoms with Gasteiger partial charge in [0.05, 0.1) is 13.1 Å². The highest BCUT2D eigenvalue weighted by molar-refractivity contribution is 7.09. The van der Waals surface area contributed by atoms with Gasteiger partial charge >= 0.3 is 0 Å². The predicted octanol–water partition coefficient (Wildman–Crippen LogP) is 2.05. The molecule has 0 bridgehead atoms. The van der Waals surface area contributed by atoms with Crippen molar-refractivity contribution in [3.63, 3.8) is 0 Å². The van der Waals surface area contributed by atoms with Crippen LogP contribution in [-0.4, -0.2) is 42.1 Å². The van der Waals surface area contributed by atoms with Crippen LogP contribution in [0.2, 0.25) is 0 Å². The maximum absolute atomic E-state index is 12.3. The minimum atomic E-state index is -0.241. The molecule has 0 radical (unpaired) electrons. The molecular weight excluding hydrogens is 342 g/mol. The van der Waals surface area contributed by atoms with E-state index in [2.05, 4.69) is 10.5 Å². The number of rotatable bonds is 9. The van der Waals surface area contributed by atoms with Gasteiger partial charge in [-0.15, -0.1) is 11.3 Å². The van der Waals surface area contributed by atoms with Crippen LogP contribution in [0.5, 0.6) is 0 Å². The van der Waals surface area contributed by atoms with Crippen molar-refractivity contribution in [2.24, 2.45) is 5.92 Å². The van der Waals surface area contributed by atoms with E-state index in [4.69, 9.17) is 9.26 Å². The second-order valence-corrected chi connectivity index (χ2v) is 7.13. The fraction of sp³-hybridized carbons (Fsp3) is 0.471. The summed E-state index contributed by atoms with van der Waals surface area (Å²) in [4.78, 5) is 27.0. The molecule has 0 aromatic carbocycles. The first kappa shape index (κ1) is 17.6. The molecule has 1 aliphatic carbocycles. The molecule has 2 amide bonds. The van der Waals surface area contributed by atoms with Crippen molar-refractivity contribution < 1.29 is 18.8 Å². The van der Waals surface area contributed by atoms with E-state index >= 15 is 0 Å². The normalized spacial score (nSPS) is 13.6. The van der Waals surface area contributed by atoms with Crippen molar-refractivity contribution in [3.8, 4) is 0 Å². The van der Waals surface area contributed by atoms with Gasteiger partial charge in [-0.2, -0.15) is 0 Å². The zero-order valence-electron chi connectivity index (χ0n) is 14.1. The Morgan fingerprint density at radius 2 is 2.28 bits per heavy atom. The van der Waals surface area contributed by atoms with E-state index in [1.54, 1.807) is 22.3 Å². The van der Waals surface area contributed by atoms with E-state index < -0.39 is 0 Å². The first-order valence-electron chi connectivity index (χ1n) is 8.18. The molecular formula is C17H21N3O4S. The highest BCUT2D eigenvalue weighted by Gasteiger charge is 2.23. The first-order valence-corrected chi connectivity index (χ1v) is 9.06. The third kappa shape index (κ3) is 5.14. The van der Waals surface area contributed by atoms with Crippen molar-refractivity contribution in [2.75, 3.05) is 20.3 Å². The third-order valence-corrected chi connectivity index (χ3v) is 4.79. The summed E-state index contributed by atoms with van der Waals surface area (Å²) in [5.41, 5.74) is 0.242. The van der Waals surface area contributed by atoms with Crippen molar-refractivity contribution >= 4 is 23.2 Å². The van der Waals surface area contributed by atoms with Gasteiger partial charge < -0.3 is 19.5 Å². The molecule has 0 atom stereocenters. The Morgan fingerprint density at radius 3 is 2.96 bits per heavy atom. The molecule has 2 heterocycles. The number of amides is 2. The molecule has 0 saturated heterocycles. The Kier molecular flexibility index (Phi) is 5.83. The number of methoxy groups -OCH3 is 1. The maximum atomic E-state index is 12.3. The summed E-state index contributed by atoms with van der Waals surface area (Å²) in [6.07, 6.45) is 2.34. The summed E-state index contributed by atoms with van der Waals surface area (Å²) in [7, 11) is 1.48. The number of hydrogen-bond donors (Lipinski definition) is 1. The monoisotopic (exact) mass is 363 g/mol. The van der Waals surface area contributed by atoms with Crippen LogP contribution in [0.15, 0.2) is 28.1 Å². The SMILES string of the molecule is COCC(=O)N(Cc1cc(C(=O)NCC2CC2)no1)Cc1cccs1. The molecule has 1 N–H and O–H groups in total. The van der Waals surface area contributed by atoms with E-state index in [-0.39, 0.29) is 30.7 Å². The Hall–Kier alpha value is -2.19. The van der Waals surface area contributed by atoms with Gasteiger partial charge in [-0.1, -0.05) is 11.2 Å². The zero-order valence-corrected chi connectivity index (χ0v) is 14.9. The van der Waals surface area contributed by atoms with Gasteiger partial charge in [-0.3, -0.25) is 9.59 Å². The number of nitrogens with zero attached hydrogens (tertiary/aromatic N) is 2. The standard InChI is InChI=1S/C17H21N3O4S/c1-23-11-16(21)20(10-14-3-2-6-25-14)9-13-7-15(19-24-13)17(22)18-8-12-4-5-12/h2-3,6-7,12H,4-5,8-11H2,1H3,(H,18,22). The van der Waals surface area contributed by atoms with Gasteiger partial charge in [0.2, 0.25) is 5.91 Å². The Balaban J connectivity index is 1.62. The predicted molar refractivity (Wildman–Crippen MR) is 92.0 cm³/mol. The average molecular weight is 363 g/mol. The van der Waals surface area contributed by atoms with E-state index in [0.717, 1.165) is 4.88 Å². The summed E-state index contributed by atoms with van der Waals surface area (Å²) in [6, 6.07) is 5.49. The van der Waals surface area contributed by atoms with E-state index in [1.165, 1.54) is 20.0 Å². The molecule has 2 aromatic rings. The van der Waals surface area contributed by atoms with Crippen LogP contribution in [-0.2, 0) is 22.6 Å². The second kappa shape index (κ2) is 8.26. The molecule has 3 rings (SSSR count). The largest absolute Gasteiger partial charge is 0.375 e. The van der Waals surface area contributed by atoms with Crippen LogP contribution in [0.25, 0.3) is 0 Å². The molecule has 8 heteroatoms. The Morgan fingerprint density at radius 1 is 1.44 bits per heavy atom. The van der Waals surface area contributed by atoms with Crippen LogP contribution in [0.4, 0.5) is 0 Å². The van der Waals surface area contributed by atoms with Gasteiger partial charge in [0, 0.05) is 24.6 Å². The second-order valence-electron chi connectivity index (χ2n) is 6.09. The number of ether oxygens (including phenoxy) is 1. The minimum Gasteiger partial charge on any atom is -0.375 e. The minimum absolute atomic E-state index is 0.00571. The molecule has 0 spiro atoms. The van der Waals surface area contributed by atoms with Crippen molar-refractivity contribution in [3.05, 3.63) is 39.9 Å².